The molecule has 0 bridgehead atoms. The van der Waals surface area contributed by atoms with Crippen molar-refractivity contribution in [3.8, 4) is 0 Å². The molecule has 0 spiro atoms. The van der Waals surface area contributed by atoms with E-state index in [-0.39, 0.29) is 6.54 Å². The van der Waals surface area contributed by atoms with Crippen LogP contribution in [0.25, 0.3) is 0 Å². The van der Waals surface area contributed by atoms with Crippen LogP contribution in [-0.2, 0) is 9.53 Å². The Morgan fingerprint density at radius 2 is 1.83 bits per heavy atom. The molecule has 0 radical (unpaired) electrons. The van der Waals surface area contributed by atoms with Crippen LogP contribution in [0.1, 0.15) is 79.1 Å². The van der Waals surface area contributed by atoms with Crippen LogP contribution >= 0.6 is 0 Å². The van der Waals surface area contributed by atoms with Crippen molar-refractivity contribution in [2.75, 3.05) is 6.54 Å². The van der Waals surface area contributed by atoms with Crippen molar-refractivity contribution >= 4 is 12.1 Å². The van der Waals surface area contributed by atoms with Crippen LogP contribution < -0.4 is 5.32 Å². The summed E-state index contributed by atoms with van der Waals surface area (Å²) in [6, 6.07) is 0. The van der Waals surface area contributed by atoms with Crippen LogP contribution in [0, 0.1) is 11.3 Å². The lowest BCUT2D eigenvalue weighted by molar-refractivity contribution is -0.150. The minimum atomic E-state index is -0.855. The van der Waals surface area contributed by atoms with Gasteiger partial charge >= 0.3 is 12.1 Å². The molecule has 134 valence electrons. The smallest absolute Gasteiger partial charge is 0.407 e. The van der Waals surface area contributed by atoms with Gasteiger partial charge in [0.25, 0.3) is 0 Å². The summed E-state index contributed by atoms with van der Waals surface area (Å²) in [6.07, 6.45) is 7.14. The van der Waals surface area contributed by atoms with Gasteiger partial charge in [-0.2, -0.15) is 0 Å². The molecule has 1 atom stereocenters. The average molecular weight is 327 g/mol. The van der Waals surface area contributed by atoms with Crippen molar-refractivity contribution in [2.24, 2.45) is 11.3 Å². The average Bonchev–Trinajstić information content (AvgIpc) is 3.22. The molecule has 23 heavy (non-hydrogen) atoms. The van der Waals surface area contributed by atoms with Gasteiger partial charge in [-0.1, -0.05) is 45.4 Å². The number of carbonyl (C=O) groups excluding carboxylic acids is 1. The highest BCUT2D eigenvalue weighted by atomic mass is 16.6. The second-order valence-corrected chi connectivity index (χ2v) is 7.90. The third kappa shape index (κ3) is 7.71. The fourth-order valence-corrected chi connectivity index (χ4v) is 2.85. The van der Waals surface area contributed by atoms with Crippen LogP contribution in [0.5, 0.6) is 0 Å². The number of alkyl carbamates (subject to hydrolysis) is 1. The molecule has 2 N–H and O–H groups in total. The minimum Gasteiger partial charge on any atom is -0.481 e. The maximum atomic E-state index is 12.0. The number of unbranched alkanes of at least 4 members (excludes halogenated alkanes) is 3. The summed E-state index contributed by atoms with van der Waals surface area (Å²) in [5.74, 6) is -0.297. The molecule has 5 heteroatoms. The van der Waals surface area contributed by atoms with E-state index < -0.39 is 23.1 Å². The molecule has 0 aromatic rings. The van der Waals surface area contributed by atoms with Gasteiger partial charge in [0.05, 0.1) is 5.41 Å². The van der Waals surface area contributed by atoms with E-state index in [0.717, 1.165) is 38.5 Å². The third-order valence-electron chi connectivity index (χ3n) is 4.31. The Kier molecular flexibility index (Phi) is 7.36. The highest BCUT2D eigenvalue weighted by Gasteiger charge is 2.43. The van der Waals surface area contributed by atoms with Crippen LogP contribution in [0.3, 0.4) is 0 Å². The number of amides is 1. The molecule has 5 nitrogen and oxygen atoms in total. The Labute approximate surface area is 140 Å². The number of rotatable bonds is 10. The standard InChI is InChI=1S/C18H33NO4/c1-5-6-7-8-11-18(15(20)21,12-14-9-10-14)13-19-16(22)23-17(2,3)4/h14H,5-13H2,1-4H3,(H,19,22)(H,20,21). The molecule has 0 aromatic carbocycles. The molecule has 0 aromatic heterocycles. The fourth-order valence-electron chi connectivity index (χ4n) is 2.85. The van der Waals surface area contributed by atoms with E-state index in [4.69, 9.17) is 4.74 Å². The number of aliphatic carboxylic acids is 1. The summed E-state index contributed by atoms with van der Waals surface area (Å²) in [4.78, 5) is 23.8. The van der Waals surface area contributed by atoms with E-state index in [1.54, 1.807) is 20.8 Å². The Morgan fingerprint density at radius 1 is 1.17 bits per heavy atom. The van der Waals surface area contributed by atoms with Crippen LogP contribution in [0.4, 0.5) is 4.79 Å². The van der Waals surface area contributed by atoms with E-state index in [2.05, 4.69) is 12.2 Å². The largest absolute Gasteiger partial charge is 0.481 e. The number of nitrogens with one attached hydrogen (secondary N) is 1. The number of hydrogen-bond acceptors (Lipinski definition) is 3. The summed E-state index contributed by atoms with van der Waals surface area (Å²) in [5.41, 5.74) is -1.43. The summed E-state index contributed by atoms with van der Waals surface area (Å²) in [7, 11) is 0. The van der Waals surface area contributed by atoms with E-state index in [1.165, 1.54) is 0 Å². The lowest BCUT2D eigenvalue weighted by Gasteiger charge is -2.30. The second kappa shape index (κ2) is 8.55. The SMILES string of the molecule is CCCCCCC(CNC(=O)OC(C)(C)C)(CC1CC1)C(=O)O. The van der Waals surface area contributed by atoms with E-state index >= 15 is 0 Å². The predicted molar refractivity (Wildman–Crippen MR) is 90.4 cm³/mol. The van der Waals surface area contributed by atoms with Gasteiger partial charge in [-0.05, 0) is 39.5 Å². The number of carboxylic acid groups (broad SMARTS) is 1. The van der Waals surface area contributed by atoms with E-state index in [9.17, 15) is 14.7 Å². The van der Waals surface area contributed by atoms with Crippen LogP contribution in [-0.4, -0.2) is 29.3 Å². The predicted octanol–water partition coefficient (Wildman–Crippen LogP) is 4.35. The molecule has 1 saturated carbocycles. The van der Waals surface area contributed by atoms with Crippen molar-refractivity contribution in [1.29, 1.82) is 0 Å². The second-order valence-electron chi connectivity index (χ2n) is 7.90. The lowest BCUT2D eigenvalue weighted by atomic mass is 9.77. The van der Waals surface area contributed by atoms with E-state index in [1.807, 2.05) is 0 Å². The molecular formula is C18H33NO4. The van der Waals surface area contributed by atoms with Gasteiger partial charge in [0.2, 0.25) is 0 Å². The minimum absolute atomic E-state index is 0.153. The zero-order valence-electron chi connectivity index (χ0n) is 15.1. The van der Waals surface area contributed by atoms with Gasteiger partial charge < -0.3 is 15.2 Å². The first-order valence-corrected chi connectivity index (χ1v) is 8.89. The quantitative estimate of drug-likeness (QED) is 0.585. The molecular weight excluding hydrogens is 294 g/mol. The Hall–Kier alpha value is -1.26. The number of ether oxygens (including phenoxy) is 1. The molecule has 0 heterocycles. The highest BCUT2D eigenvalue weighted by molar-refractivity contribution is 5.76. The first kappa shape index (κ1) is 19.8. The van der Waals surface area contributed by atoms with Gasteiger partial charge in [0.15, 0.2) is 0 Å². The molecule has 1 aliphatic rings. The maximum Gasteiger partial charge on any atom is 0.407 e. The van der Waals surface area contributed by atoms with Gasteiger partial charge in [-0.15, -0.1) is 0 Å². The Balaban J connectivity index is 2.64. The van der Waals surface area contributed by atoms with Crippen molar-refractivity contribution < 1.29 is 19.4 Å². The molecule has 1 rings (SSSR count). The lowest BCUT2D eigenvalue weighted by Crippen LogP contribution is -2.45. The first-order chi connectivity index (χ1) is 10.7. The van der Waals surface area contributed by atoms with Crippen molar-refractivity contribution in [2.45, 2.75) is 84.7 Å². The van der Waals surface area contributed by atoms with Crippen molar-refractivity contribution in [3.05, 3.63) is 0 Å². The summed E-state index contributed by atoms with van der Waals surface area (Å²) in [6.45, 7) is 7.68. The molecule has 0 saturated heterocycles. The van der Waals surface area contributed by atoms with Crippen LogP contribution in [0.15, 0.2) is 0 Å². The zero-order chi connectivity index (χ0) is 17.5. The van der Waals surface area contributed by atoms with Gasteiger partial charge in [-0.3, -0.25) is 4.79 Å². The molecule has 1 unspecified atom stereocenters. The number of hydrogen-bond donors (Lipinski definition) is 2. The van der Waals surface area contributed by atoms with Crippen molar-refractivity contribution in [1.82, 2.24) is 5.32 Å². The monoisotopic (exact) mass is 327 g/mol. The van der Waals surface area contributed by atoms with Crippen molar-refractivity contribution in [3.63, 3.8) is 0 Å². The summed E-state index contributed by atoms with van der Waals surface area (Å²) < 4.78 is 5.23. The normalized spacial score (nSPS) is 17.4. The topological polar surface area (TPSA) is 75.6 Å². The highest BCUT2D eigenvalue weighted by Crippen LogP contribution is 2.43. The maximum absolute atomic E-state index is 12.0. The number of carboxylic acids is 1. The van der Waals surface area contributed by atoms with Gasteiger partial charge in [-0.25, -0.2) is 4.79 Å². The molecule has 1 fully saturated rings. The number of carbonyl (C=O) groups is 2. The summed E-state index contributed by atoms with van der Waals surface area (Å²) in [5, 5.41) is 12.5. The first-order valence-electron chi connectivity index (χ1n) is 8.89. The Morgan fingerprint density at radius 3 is 2.30 bits per heavy atom. The fraction of sp³-hybridized carbons (Fsp3) is 0.889. The third-order valence-corrected chi connectivity index (χ3v) is 4.31. The molecule has 1 amide bonds. The van der Waals surface area contributed by atoms with Gasteiger partial charge in [0.1, 0.15) is 5.60 Å². The molecule has 0 aliphatic heterocycles. The zero-order valence-corrected chi connectivity index (χ0v) is 15.1. The van der Waals surface area contributed by atoms with Gasteiger partial charge in [0, 0.05) is 6.54 Å². The van der Waals surface area contributed by atoms with E-state index in [0.29, 0.717) is 18.8 Å². The summed E-state index contributed by atoms with van der Waals surface area (Å²) >= 11 is 0. The van der Waals surface area contributed by atoms with Crippen LogP contribution in [0.2, 0.25) is 0 Å². The molecule has 1 aliphatic carbocycles. The Bertz CT molecular complexity index is 398.